The third-order valence-corrected chi connectivity index (χ3v) is 3.19. The average molecular weight is 232 g/mol. The fourth-order valence-electron chi connectivity index (χ4n) is 2.17. The van der Waals surface area contributed by atoms with E-state index >= 15 is 0 Å². The van der Waals surface area contributed by atoms with Crippen LogP contribution in [-0.4, -0.2) is 18.0 Å². The van der Waals surface area contributed by atoms with Crippen LogP contribution in [0.4, 0.5) is 0 Å². The Labute approximate surface area is 103 Å². The third kappa shape index (κ3) is 3.16. The van der Waals surface area contributed by atoms with Crippen molar-refractivity contribution >= 4 is 5.78 Å². The fraction of sp³-hybridized carbons (Fsp3) is 0.533. The second-order valence-electron chi connectivity index (χ2n) is 5.79. The van der Waals surface area contributed by atoms with Gasteiger partial charge >= 0.3 is 0 Å². The van der Waals surface area contributed by atoms with Crippen LogP contribution in [0.5, 0.6) is 0 Å². The predicted octanol–water partition coefficient (Wildman–Crippen LogP) is 3.46. The molecule has 17 heavy (non-hydrogen) atoms. The van der Waals surface area contributed by atoms with Gasteiger partial charge in [-0.3, -0.25) is 4.79 Å². The van der Waals surface area contributed by atoms with Gasteiger partial charge in [-0.25, -0.2) is 0 Å². The van der Waals surface area contributed by atoms with Gasteiger partial charge in [-0.1, -0.05) is 51.1 Å². The predicted molar refractivity (Wildman–Crippen MR) is 68.1 cm³/mol. The number of carbonyl (C=O) groups excluding carboxylic acids is 1. The Bertz CT molecular complexity index is 389. The van der Waals surface area contributed by atoms with Crippen LogP contribution in [-0.2, 0) is 4.74 Å². The molecule has 0 aromatic heterocycles. The van der Waals surface area contributed by atoms with Crippen molar-refractivity contribution in [3.8, 4) is 0 Å². The molecule has 92 valence electrons. The molecular formula is C15H20O2. The molecule has 2 rings (SSSR count). The number of rotatable bonds is 4. The van der Waals surface area contributed by atoms with E-state index in [1.54, 1.807) is 0 Å². The van der Waals surface area contributed by atoms with Crippen molar-refractivity contribution in [1.82, 2.24) is 0 Å². The number of hydrogen-bond donors (Lipinski definition) is 0. The molecule has 1 heterocycles. The summed E-state index contributed by atoms with van der Waals surface area (Å²) in [7, 11) is 0. The van der Waals surface area contributed by atoms with Crippen LogP contribution in [0.25, 0.3) is 0 Å². The first-order valence-electron chi connectivity index (χ1n) is 6.22. The summed E-state index contributed by atoms with van der Waals surface area (Å²) in [6.07, 6.45) is 2.03. The van der Waals surface area contributed by atoms with Crippen molar-refractivity contribution in [2.45, 2.75) is 45.8 Å². The number of epoxide rings is 1. The van der Waals surface area contributed by atoms with Crippen molar-refractivity contribution in [1.29, 1.82) is 0 Å². The molecule has 0 bridgehead atoms. The quantitative estimate of drug-likeness (QED) is 0.587. The summed E-state index contributed by atoms with van der Waals surface area (Å²) in [5.74, 6) is 0.216. The standard InChI is InChI=1S/C15H20O2/c1-15(2,3)14-13(17-14)10-9-12(16)11-7-5-4-6-8-11/h4-8,13-14H,9-10H2,1-3H3. The molecule has 1 fully saturated rings. The van der Waals surface area contributed by atoms with Crippen molar-refractivity contribution in [3.05, 3.63) is 35.9 Å². The fourth-order valence-corrected chi connectivity index (χ4v) is 2.17. The minimum Gasteiger partial charge on any atom is -0.369 e. The normalized spacial score (nSPS) is 23.5. The van der Waals surface area contributed by atoms with Gasteiger partial charge in [-0.15, -0.1) is 0 Å². The highest BCUT2D eigenvalue weighted by molar-refractivity contribution is 5.95. The van der Waals surface area contributed by atoms with Crippen molar-refractivity contribution in [3.63, 3.8) is 0 Å². The van der Waals surface area contributed by atoms with Crippen LogP contribution in [0.2, 0.25) is 0 Å². The first-order valence-corrected chi connectivity index (χ1v) is 6.22. The summed E-state index contributed by atoms with van der Waals surface area (Å²) >= 11 is 0. The highest BCUT2D eigenvalue weighted by Crippen LogP contribution is 2.40. The monoisotopic (exact) mass is 232 g/mol. The Kier molecular flexibility index (Phi) is 3.34. The number of carbonyl (C=O) groups is 1. The van der Waals surface area contributed by atoms with Gasteiger partial charge in [0.1, 0.15) is 0 Å². The molecule has 2 heteroatoms. The van der Waals surface area contributed by atoms with Gasteiger partial charge in [0.15, 0.2) is 5.78 Å². The van der Waals surface area contributed by atoms with E-state index in [4.69, 9.17) is 4.74 Å². The van der Waals surface area contributed by atoms with Crippen molar-refractivity contribution in [2.24, 2.45) is 5.41 Å². The van der Waals surface area contributed by atoms with Crippen LogP contribution >= 0.6 is 0 Å². The Balaban J connectivity index is 1.80. The molecule has 2 atom stereocenters. The van der Waals surface area contributed by atoms with E-state index in [0.717, 1.165) is 12.0 Å². The first-order chi connectivity index (χ1) is 7.98. The highest BCUT2D eigenvalue weighted by atomic mass is 16.6. The summed E-state index contributed by atoms with van der Waals surface area (Å²) in [5.41, 5.74) is 1.00. The summed E-state index contributed by atoms with van der Waals surface area (Å²) in [4.78, 5) is 11.9. The molecule has 2 nitrogen and oxygen atoms in total. The van der Waals surface area contributed by atoms with Gasteiger partial charge in [0.25, 0.3) is 0 Å². The Morgan fingerprint density at radius 2 is 1.88 bits per heavy atom. The van der Waals surface area contributed by atoms with Crippen LogP contribution in [0.1, 0.15) is 44.0 Å². The van der Waals surface area contributed by atoms with Gasteiger partial charge in [0, 0.05) is 12.0 Å². The highest BCUT2D eigenvalue weighted by Gasteiger charge is 2.46. The van der Waals surface area contributed by atoms with E-state index in [0.29, 0.717) is 12.5 Å². The molecule has 0 radical (unpaired) electrons. The summed E-state index contributed by atoms with van der Waals surface area (Å²) in [6.45, 7) is 6.53. The van der Waals surface area contributed by atoms with E-state index in [-0.39, 0.29) is 17.3 Å². The second kappa shape index (κ2) is 4.61. The minimum atomic E-state index is 0.195. The molecule has 0 saturated carbocycles. The molecule has 0 aliphatic carbocycles. The molecule has 1 aliphatic heterocycles. The lowest BCUT2D eigenvalue weighted by atomic mass is 9.89. The zero-order chi connectivity index (χ0) is 12.5. The number of benzene rings is 1. The molecule has 0 N–H and O–H groups in total. The first kappa shape index (κ1) is 12.3. The van der Waals surface area contributed by atoms with Gasteiger partial charge in [-0.05, 0) is 11.8 Å². The lowest BCUT2D eigenvalue weighted by Gasteiger charge is -2.14. The number of ketones is 1. The maximum Gasteiger partial charge on any atom is 0.162 e. The Morgan fingerprint density at radius 3 is 2.41 bits per heavy atom. The van der Waals surface area contributed by atoms with Gasteiger partial charge in [-0.2, -0.15) is 0 Å². The van der Waals surface area contributed by atoms with Gasteiger partial charge in [0.2, 0.25) is 0 Å². The van der Waals surface area contributed by atoms with Crippen molar-refractivity contribution in [2.75, 3.05) is 0 Å². The van der Waals surface area contributed by atoms with E-state index in [1.807, 2.05) is 30.3 Å². The maximum absolute atomic E-state index is 11.9. The van der Waals surface area contributed by atoms with E-state index in [2.05, 4.69) is 20.8 Å². The average Bonchev–Trinajstić information content (AvgIpc) is 3.06. The summed E-state index contributed by atoms with van der Waals surface area (Å²) in [6, 6.07) is 9.47. The number of hydrogen-bond acceptors (Lipinski definition) is 2. The van der Waals surface area contributed by atoms with Gasteiger partial charge in [0.05, 0.1) is 12.2 Å². The Morgan fingerprint density at radius 1 is 1.24 bits per heavy atom. The number of Topliss-reactive ketones (excluding diaryl/α,β-unsaturated/α-hetero) is 1. The largest absolute Gasteiger partial charge is 0.369 e. The molecule has 0 amide bonds. The zero-order valence-electron chi connectivity index (χ0n) is 10.8. The smallest absolute Gasteiger partial charge is 0.162 e. The molecule has 1 aliphatic rings. The van der Waals surface area contributed by atoms with Crippen LogP contribution < -0.4 is 0 Å². The second-order valence-corrected chi connectivity index (χ2v) is 5.79. The topological polar surface area (TPSA) is 29.6 Å². The molecule has 1 aromatic rings. The lowest BCUT2D eigenvalue weighted by molar-refractivity contribution is 0.0976. The van der Waals surface area contributed by atoms with Crippen LogP contribution in [0.15, 0.2) is 30.3 Å². The van der Waals surface area contributed by atoms with E-state index < -0.39 is 0 Å². The lowest BCUT2D eigenvalue weighted by Crippen LogP contribution is -2.16. The Hall–Kier alpha value is -1.15. The van der Waals surface area contributed by atoms with E-state index in [1.165, 1.54) is 0 Å². The maximum atomic E-state index is 11.9. The minimum absolute atomic E-state index is 0.195. The molecule has 1 saturated heterocycles. The van der Waals surface area contributed by atoms with Crippen LogP contribution in [0, 0.1) is 5.41 Å². The summed E-state index contributed by atoms with van der Waals surface area (Å²) < 4.78 is 5.62. The van der Waals surface area contributed by atoms with Crippen molar-refractivity contribution < 1.29 is 9.53 Å². The molecule has 0 spiro atoms. The molecule has 2 unspecified atom stereocenters. The SMILES string of the molecule is CC(C)(C)C1OC1CCC(=O)c1ccccc1. The summed E-state index contributed by atoms with van der Waals surface area (Å²) in [5, 5.41) is 0. The van der Waals surface area contributed by atoms with E-state index in [9.17, 15) is 4.79 Å². The van der Waals surface area contributed by atoms with Crippen LogP contribution in [0.3, 0.4) is 0 Å². The number of ether oxygens (including phenoxy) is 1. The van der Waals surface area contributed by atoms with Gasteiger partial charge < -0.3 is 4.74 Å². The third-order valence-electron chi connectivity index (χ3n) is 3.19. The molecular weight excluding hydrogens is 212 g/mol. The molecule has 1 aromatic carbocycles. The zero-order valence-corrected chi connectivity index (χ0v) is 10.8.